The van der Waals surface area contributed by atoms with Gasteiger partial charge in [-0.3, -0.25) is 14.9 Å². The molecule has 4 rings (SSSR count). The average Bonchev–Trinajstić information content (AvgIpc) is 3.44. The van der Waals surface area contributed by atoms with Crippen LogP contribution in [0.25, 0.3) is 10.2 Å². The van der Waals surface area contributed by atoms with Gasteiger partial charge in [0.05, 0.1) is 33.8 Å². The van der Waals surface area contributed by atoms with E-state index in [2.05, 4.69) is 20.9 Å². The van der Waals surface area contributed by atoms with Gasteiger partial charge in [0, 0.05) is 18.6 Å². The number of carbonyl (C=O) groups excluding carboxylic acids is 2. The summed E-state index contributed by atoms with van der Waals surface area (Å²) in [5.41, 5.74) is 6.43. The van der Waals surface area contributed by atoms with E-state index >= 15 is 0 Å². The molecule has 1 aromatic heterocycles. The molecule has 0 radical (unpaired) electrons. The van der Waals surface area contributed by atoms with Crippen LogP contribution in [0.1, 0.15) is 59.6 Å². The highest BCUT2D eigenvalue weighted by molar-refractivity contribution is 7.89. The van der Waals surface area contributed by atoms with E-state index in [-0.39, 0.29) is 42.7 Å². The lowest BCUT2D eigenvalue weighted by Crippen LogP contribution is -2.59. The zero-order valence-corrected chi connectivity index (χ0v) is 32.4. The second-order valence-electron chi connectivity index (χ2n) is 15.1. The van der Waals surface area contributed by atoms with E-state index in [1.54, 1.807) is 18.2 Å². The molecule has 0 saturated heterocycles. The number of halogens is 1. The first kappa shape index (κ1) is 40.8. The van der Waals surface area contributed by atoms with Crippen molar-refractivity contribution in [3.63, 3.8) is 0 Å². The molecular formula is C38H51FN6O5S2. The first-order valence-corrected chi connectivity index (χ1v) is 19.5. The molecule has 0 spiro atoms. The fourth-order valence-corrected chi connectivity index (χ4v) is 8.33. The quantitative estimate of drug-likeness (QED) is 0.109. The summed E-state index contributed by atoms with van der Waals surface area (Å²) in [7, 11) is -4.09. The summed E-state index contributed by atoms with van der Waals surface area (Å²) in [5.74, 6) is -1.45. The predicted octanol–water partition coefficient (Wildman–Crippen LogP) is 4.81. The van der Waals surface area contributed by atoms with Gasteiger partial charge in [-0.05, 0) is 73.1 Å². The van der Waals surface area contributed by atoms with Crippen molar-refractivity contribution in [3.8, 4) is 0 Å². The average molecular weight is 755 g/mol. The molecule has 0 unspecified atom stereocenters. The number of thiazole rings is 1. The maximum absolute atomic E-state index is 14.1. The van der Waals surface area contributed by atoms with Gasteiger partial charge < -0.3 is 21.5 Å². The highest BCUT2D eigenvalue weighted by atomic mass is 32.2. The minimum atomic E-state index is -4.09. The number of sulfonamides is 1. The van der Waals surface area contributed by atoms with Gasteiger partial charge in [-0.2, -0.15) is 4.31 Å². The van der Waals surface area contributed by atoms with E-state index in [4.69, 9.17) is 5.73 Å². The van der Waals surface area contributed by atoms with Gasteiger partial charge in [0.1, 0.15) is 11.9 Å². The van der Waals surface area contributed by atoms with E-state index in [0.29, 0.717) is 20.9 Å². The third-order valence-electron chi connectivity index (χ3n) is 8.73. The molecule has 14 heteroatoms. The summed E-state index contributed by atoms with van der Waals surface area (Å²) in [6.45, 7) is 12.5. The minimum Gasteiger partial charge on any atom is -0.390 e. The van der Waals surface area contributed by atoms with Crippen LogP contribution in [0, 0.1) is 17.2 Å². The number of nitrogens with two attached hydrogens (primary N) is 1. The number of aliphatic hydroxyl groups excluding tert-OH is 1. The lowest BCUT2D eigenvalue weighted by atomic mass is 9.85. The number of rotatable bonds is 16. The predicted molar refractivity (Wildman–Crippen MR) is 205 cm³/mol. The fraction of sp³-hybridized carbons (Fsp3) is 0.447. The Kier molecular flexibility index (Phi) is 13.2. The molecule has 0 fully saturated rings. The summed E-state index contributed by atoms with van der Waals surface area (Å²) >= 11 is 1.19. The van der Waals surface area contributed by atoms with Gasteiger partial charge >= 0.3 is 0 Å². The van der Waals surface area contributed by atoms with Crippen LogP contribution in [0.5, 0.6) is 0 Å². The van der Waals surface area contributed by atoms with Gasteiger partial charge in [-0.25, -0.2) is 17.8 Å². The van der Waals surface area contributed by atoms with Crippen LogP contribution in [0.4, 0.5) is 9.52 Å². The van der Waals surface area contributed by atoms with E-state index in [1.807, 2.05) is 78.8 Å². The van der Waals surface area contributed by atoms with Crippen LogP contribution in [-0.2, 0) is 31.6 Å². The molecule has 0 aliphatic carbocycles. The lowest BCUT2D eigenvalue weighted by Gasteiger charge is -2.35. The number of benzene rings is 3. The zero-order valence-electron chi connectivity index (χ0n) is 30.8. The Morgan fingerprint density at radius 3 is 2.29 bits per heavy atom. The van der Waals surface area contributed by atoms with E-state index < -0.39 is 51.0 Å². The number of nitrogens with zero attached hydrogens (tertiary/aromatic N) is 2. The van der Waals surface area contributed by atoms with Crippen molar-refractivity contribution < 1.29 is 27.5 Å². The Labute approximate surface area is 310 Å². The van der Waals surface area contributed by atoms with Crippen molar-refractivity contribution in [3.05, 3.63) is 89.7 Å². The number of nitrogens with one attached hydrogen (secondary N) is 3. The van der Waals surface area contributed by atoms with E-state index in [0.717, 1.165) is 5.56 Å². The van der Waals surface area contributed by atoms with Crippen molar-refractivity contribution in [1.82, 2.24) is 25.2 Å². The van der Waals surface area contributed by atoms with Crippen molar-refractivity contribution in [2.45, 2.75) is 83.5 Å². The van der Waals surface area contributed by atoms with Gasteiger partial charge in [0.25, 0.3) is 0 Å². The highest BCUT2D eigenvalue weighted by Crippen LogP contribution is 2.29. The van der Waals surface area contributed by atoms with Crippen LogP contribution < -0.4 is 21.7 Å². The van der Waals surface area contributed by atoms with Crippen LogP contribution in [0.2, 0.25) is 0 Å². The molecular weight excluding hydrogens is 704 g/mol. The first-order chi connectivity index (χ1) is 24.3. The van der Waals surface area contributed by atoms with Gasteiger partial charge in [-0.15, -0.1) is 0 Å². The molecule has 0 bridgehead atoms. The second-order valence-corrected chi connectivity index (χ2v) is 18.1. The van der Waals surface area contributed by atoms with Crippen molar-refractivity contribution in [2.75, 3.05) is 25.4 Å². The molecule has 0 saturated carbocycles. The van der Waals surface area contributed by atoms with Gasteiger partial charge in [0.15, 0.2) is 5.13 Å². The van der Waals surface area contributed by atoms with Gasteiger partial charge in [-0.1, -0.05) is 88.4 Å². The molecule has 6 N–H and O–H groups in total. The second kappa shape index (κ2) is 16.8. The summed E-state index contributed by atoms with van der Waals surface area (Å²) < 4.78 is 43.9. The van der Waals surface area contributed by atoms with Crippen LogP contribution >= 0.6 is 11.3 Å². The van der Waals surface area contributed by atoms with Crippen molar-refractivity contribution in [2.24, 2.45) is 11.3 Å². The number of nitrogen functional groups attached to an aromatic ring is 1. The Balaban J connectivity index is 1.56. The Morgan fingerprint density at radius 2 is 1.65 bits per heavy atom. The zero-order chi connectivity index (χ0) is 38.4. The number of aliphatic hydroxyl groups is 1. The molecule has 0 aliphatic heterocycles. The molecule has 3 atom stereocenters. The number of fused-ring (bicyclic) bond motifs is 1. The highest BCUT2D eigenvalue weighted by Gasteiger charge is 2.37. The fourth-order valence-electron chi connectivity index (χ4n) is 5.83. The molecule has 4 aromatic rings. The largest absolute Gasteiger partial charge is 0.390 e. The molecule has 3 aromatic carbocycles. The standard InChI is InChI=1S/C38H51FN6O5S2/c1-24(2)22-45(52(49,50)28-16-17-29-32(20-28)51-36(40)43-29)23-31(46)30(18-25-12-9-8-10-13-25)42-35(48)34(37(3,4)5)44-33(47)21-41-38(6,7)26-14-11-15-27(39)19-26/h8-17,19-20,24,30-31,34,41,46H,18,21-23H2,1-7H3,(H2,40,43)(H,42,48)(H,44,47)/t30-,31+,34+/m0/s1. The Bertz CT molecular complexity index is 1950. The molecule has 1 heterocycles. The first-order valence-electron chi connectivity index (χ1n) is 17.3. The summed E-state index contributed by atoms with van der Waals surface area (Å²) in [6, 6.07) is 18.1. The normalized spacial score (nSPS) is 14.4. The Morgan fingerprint density at radius 1 is 0.962 bits per heavy atom. The van der Waals surface area contributed by atoms with Crippen LogP contribution in [0.3, 0.4) is 0 Å². The summed E-state index contributed by atoms with van der Waals surface area (Å²) in [6.07, 6.45) is -1.13. The molecule has 52 heavy (non-hydrogen) atoms. The molecule has 11 nitrogen and oxygen atoms in total. The number of aromatic nitrogens is 1. The monoisotopic (exact) mass is 754 g/mol. The maximum atomic E-state index is 14.1. The smallest absolute Gasteiger partial charge is 0.243 e. The number of hydrogen-bond acceptors (Lipinski definition) is 9. The minimum absolute atomic E-state index is 0.0461. The summed E-state index contributed by atoms with van der Waals surface area (Å²) in [4.78, 5) is 31.6. The maximum Gasteiger partial charge on any atom is 0.243 e. The molecule has 0 aliphatic rings. The van der Waals surface area contributed by atoms with Crippen molar-refractivity contribution >= 4 is 48.5 Å². The number of carbonyl (C=O) groups is 2. The van der Waals surface area contributed by atoms with Crippen LogP contribution in [0.15, 0.2) is 77.7 Å². The topological polar surface area (TPSA) is 167 Å². The van der Waals surface area contributed by atoms with E-state index in [1.165, 1.54) is 39.9 Å². The molecule has 282 valence electrons. The Hall–Kier alpha value is -3.95. The van der Waals surface area contributed by atoms with Gasteiger partial charge in [0.2, 0.25) is 21.8 Å². The third-order valence-corrected chi connectivity index (χ3v) is 11.4. The number of anilines is 1. The number of hydrogen-bond donors (Lipinski definition) is 5. The SMILES string of the molecule is CC(C)CN(C[C@@H](O)[C@H](Cc1ccccc1)NC(=O)[C@@H](NC(=O)CNC(C)(C)c1cccc(F)c1)C(C)(C)C)S(=O)(=O)c1ccc2nc(N)sc2c1. The summed E-state index contributed by atoms with van der Waals surface area (Å²) in [5, 5.41) is 21.0. The lowest BCUT2D eigenvalue weighted by molar-refractivity contribution is -0.132. The third kappa shape index (κ3) is 10.8. The molecule has 2 amide bonds. The number of amides is 2. The van der Waals surface area contributed by atoms with Crippen LogP contribution in [-0.4, -0.2) is 72.4 Å². The van der Waals surface area contributed by atoms with E-state index in [9.17, 15) is 27.5 Å². The van der Waals surface area contributed by atoms with Crippen molar-refractivity contribution in [1.29, 1.82) is 0 Å².